The van der Waals surface area contributed by atoms with E-state index in [-0.39, 0.29) is 18.8 Å². The lowest BCUT2D eigenvalue weighted by molar-refractivity contribution is -0.152. The molecule has 264 valence electrons. The van der Waals surface area contributed by atoms with E-state index in [0.29, 0.717) is 35.6 Å². The van der Waals surface area contributed by atoms with Crippen molar-refractivity contribution in [2.45, 2.75) is 45.6 Å². The van der Waals surface area contributed by atoms with Crippen LogP contribution in [0.5, 0.6) is 0 Å². The molecule has 0 saturated heterocycles. The molecule has 15 heteroatoms. The lowest BCUT2D eigenvalue weighted by Crippen LogP contribution is -2.34. The summed E-state index contributed by atoms with van der Waals surface area (Å²) in [5.41, 5.74) is 9.16. The largest absolute Gasteiger partial charge is 0.510 e. The molecule has 0 atom stereocenters. The van der Waals surface area contributed by atoms with Crippen LogP contribution in [0, 0.1) is 0 Å². The van der Waals surface area contributed by atoms with Gasteiger partial charge in [0.2, 0.25) is 6.79 Å². The second-order valence-corrected chi connectivity index (χ2v) is 11.0. The Hall–Kier alpha value is -5.99. The van der Waals surface area contributed by atoms with Crippen LogP contribution in [-0.4, -0.2) is 71.6 Å². The molecule has 0 spiro atoms. The summed E-state index contributed by atoms with van der Waals surface area (Å²) in [5.74, 6) is 0.0634. The number of anilines is 2. The van der Waals surface area contributed by atoms with Crippen molar-refractivity contribution < 1.29 is 38.1 Å². The standard InChI is InChI=1S/C35H41N7O8/c1-4-5-6-9-20-48-34(45)40-32(36)24-11-14-26(15-12-24)38-22-30-39-27-21-25(13-16-28(27)41(30)2)33(44)42(29-10-7-8-18-37-29)19-17-31(43)49-23-50-35(46)47-3/h7-8,10-16,18,21,38H,4-6,9,17,19-20,22-23H2,1-3H3,(H2,36,40,45). The van der Waals surface area contributed by atoms with E-state index in [2.05, 4.69) is 31.7 Å². The Kier molecular flexibility index (Phi) is 13.6. The molecule has 0 saturated carbocycles. The summed E-state index contributed by atoms with van der Waals surface area (Å²) in [5, 5.41) is 3.33. The van der Waals surface area contributed by atoms with Crippen molar-refractivity contribution in [3.05, 3.63) is 83.8 Å². The smallest absolute Gasteiger partial charge is 0.448 e. The number of nitrogens with one attached hydrogen (secondary N) is 1. The number of aryl methyl sites for hydroxylation is 1. The first-order valence-corrected chi connectivity index (χ1v) is 16.1. The molecular weight excluding hydrogens is 646 g/mol. The van der Waals surface area contributed by atoms with E-state index in [4.69, 9.17) is 20.2 Å². The van der Waals surface area contributed by atoms with Gasteiger partial charge in [0.1, 0.15) is 17.5 Å². The summed E-state index contributed by atoms with van der Waals surface area (Å²) < 4.78 is 20.9. The maximum atomic E-state index is 13.7. The highest BCUT2D eigenvalue weighted by molar-refractivity contribution is 6.07. The summed E-state index contributed by atoms with van der Waals surface area (Å²) in [6, 6.07) is 17.4. The Morgan fingerprint density at radius 1 is 0.960 bits per heavy atom. The number of pyridine rings is 1. The Bertz CT molecular complexity index is 1790. The van der Waals surface area contributed by atoms with E-state index in [1.165, 1.54) is 4.90 Å². The van der Waals surface area contributed by atoms with Gasteiger partial charge < -0.3 is 34.6 Å². The van der Waals surface area contributed by atoms with Crippen LogP contribution in [0.2, 0.25) is 0 Å². The molecule has 0 bridgehead atoms. The quantitative estimate of drug-likeness (QED) is 0.0386. The number of esters is 1. The molecule has 2 aromatic carbocycles. The van der Waals surface area contributed by atoms with Gasteiger partial charge in [0.05, 0.1) is 37.7 Å². The summed E-state index contributed by atoms with van der Waals surface area (Å²) in [6.45, 7) is 2.16. The summed E-state index contributed by atoms with van der Waals surface area (Å²) >= 11 is 0. The molecule has 0 unspecified atom stereocenters. The first kappa shape index (κ1) is 36.8. The van der Waals surface area contributed by atoms with Gasteiger partial charge in [-0.15, -0.1) is 0 Å². The van der Waals surface area contributed by atoms with Crippen LogP contribution in [0.15, 0.2) is 71.9 Å². The van der Waals surface area contributed by atoms with Crippen LogP contribution in [0.25, 0.3) is 11.0 Å². The van der Waals surface area contributed by atoms with E-state index < -0.39 is 30.9 Å². The predicted octanol–water partition coefficient (Wildman–Crippen LogP) is 5.32. The molecule has 2 amide bonds. The van der Waals surface area contributed by atoms with Crippen molar-refractivity contribution in [1.82, 2.24) is 14.5 Å². The van der Waals surface area contributed by atoms with Gasteiger partial charge in [-0.05, 0) is 61.0 Å². The third kappa shape index (κ3) is 10.5. The minimum Gasteiger partial charge on any atom is -0.448 e. The predicted molar refractivity (Wildman–Crippen MR) is 186 cm³/mol. The summed E-state index contributed by atoms with van der Waals surface area (Å²) in [7, 11) is 3.02. The maximum Gasteiger partial charge on any atom is 0.510 e. The normalized spacial score (nSPS) is 11.1. The summed E-state index contributed by atoms with van der Waals surface area (Å²) in [6.07, 6.45) is 3.66. The van der Waals surface area contributed by atoms with E-state index in [1.54, 1.807) is 54.7 Å². The number of unbranched alkanes of at least 4 members (excludes halogenated alkanes) is 3. The van der Waals surface area contributed by atoms with Gasteiger partial charge in [-0.25, -0.2) is 19.6 Å². The monoisotopic (exact) mass is 687 g/mol. The number of imidazole rings is 1. The number of carbonyl (C=O) groups is 4. The first-order chi connectivity index (χ1) is 24.2. The molecule has 0 aliphatic rings. The SMILES string of the molecule is CCCCCCOC(=O)/N=C(/N)c1ccc(NCc2nc3cc(C(=O)N(CCC(=O)OCOC(=O)OC)c4ccccn4)ccc3n2C)cc1. The van der Waals surface area contributed by atoms with Crippen molar-refractivity contribution in [3.63, 3.8) is 0 Å². The average Bonchev–Trinajstić information content (AvgIpc) is 3.45. The molecule has 0 radical (unpaired) electrons. The maximum absolute atomic E-state index is 13.7. The molecule has 2 heterocycles. The number of fused-ring (bicyclic) bond motifs is 1. The number of rotatable bonds is 16. The van der Waals surface area contributed by atoms with Crippen LogP contribution in [0.3, 0.4) is 0 Å². The third-order valence-corrected chi connectivity index (χ3v) is 7.56. The van der Waals surface area contributed by atoms with Crippen molar-refractivity contribution in [2.24, 2.45) is 17.8 Å². The highest BCUT2D eigenvalue weighted by atomic mass is 16.8. The van der Waals surface area contributed by atoms with E-state index in [1.807, 2.05) is 23.7 Å². The number of nitrogens with two attached hydrogens (primary N) is 1. The zero-order valence-electron chi connectivity index (χ0n) is 28.3. The number of aromatic nitrogens is 3. The molecule has 4 rings (SSSR count). The van der Waals surface area contributed by atoms with Gasteiger partial charge >= 0.3 is 18.2 Å². The highest BCUT2D eigenvalue weighted by Crippen LogP contribution is 2.21. The topological polar surface area (TPSA) is 190 Å². The van der Waals surface area contributed by atoms with E-state index >= 15 is 0 Å². The Balaban J connectivity index is 1.39. The van der Waals surface area contributed by atoms with E-state index in [0.717, 1.165) is 49.8 Å². The molecular formula is C35H41N7O8. The number of aliphatic imine (C=N–C) groups is 1. The molecule has 50 heavy (non-hydrogen) atoms. The fourth-order valence-corrected chi connectivity index (χ4v) is 4.83. The molecule has 0 aliphatic heterocycles. The zero-order valence-corrected chi connectivity index (χ0v) is 28.3. The fourth-order valence-electron chi connectivity index (χ4n) is 4.83. The molecule has 0 fully saturated rings. The second-order valence-electron chi connectivity index (χ2n) is 11.0. The van der Waals surface area contributed by atoms with Gasteiger partial charge in [-0.2, -0.15) is 4.99 Å². The van der Waals surface area contributed by atoms with Gasteiger partial charge in [0.25, 0.3) is 5.91 Å². The van der Waals surface area contributed by atoms with Gasteiger partial charge in [0.15, 0.2) is 0 Å². The number of benzene rings is 2. The van der Waals surface area contributed by atoms with Gasteiger partial charge in [-0.3, -0.25) is 14.5 Å². The van der Waals surface area contributed by atoms with Crippen LogP contribution >= 0.6 is 0 Å². The number of methoxy groups -OCH3 is 1. The fraction of sp³-hybridized carbons (Fsp3) is 0.343. The lowest BCUT2D eigenvalue weighted by atomic mass is 10.1. The molecule has 2 aromatic heterocycles. The Labute approximate surface area is 289 Å². The summed E-state index contributed by atoms with van der Waals surface area (Å²) in [4.78, 5) is 63.3. The minimum atomic E-state index is -0.984. The first-order valence-electron chi connectivity index (χ1n) is 16.1. The zero-order chi connectivity index (χ0) is 35.9. The average molecular weight is 688 g/mol. The van der Waals surface area contributed by atoms with Crippen molar-refractivity contribution in [1.29, 1.82) is 0 Å². The van der Waals surface area contributed by atoms with Gasteiger partial charge in [-0.1, -0.05) is 32.3 Å². The number of hydrogen-bond acceptors (Lipinski definition) is 11. The molecule has 4 aromatic rings. The van der Waals surface area contributed by atoms with Crippen LogP contribution in [-0.2, 0) is 37.3 Å². The number of nitrogens with zero attached hydrogens (tertiary/aromatic N) is 5. The number of carbonyl (C=O) groups excluding carboxylic acids is 4. The number of amides is 2. The number of amidine groups is 1. The minimum absolute atomic E-state index is 0.0398. The van der Waals surface area contributed by atoms with Crippen molar-refractivity contribution in [2.75, 3.05) is 37.3 Å². The van der Waals surface area contributed by atoms with Crippen LogP contribution in [0.1, 0.15) is 60.8 Å². The van der Waals surface area contributed by atoms with Crippen molar-refractivity contribution in [3.8, 4) is 0 Å². The molecule has 15 nitrogen and oxygen atoms in total. The Morgan fingerprint density at radius 3 is 2.46 bits per heavy atom. The number of ether oxygens (including phenoxy) is 4. The Morgan fingerprint density at radius 2 is 1.74 bits per heavy atom. The molecule has 3 N–H and O–H groups in total. The second kappa shape index (κ2) is 18.5. The highest BCUT2D eigenvalue weighted by Gasteiger charge is 2.22. The van der Waals surface area contributed by atoms with Gasteiger partial charge in [0, 0.05) is 36.6 Å². The number of hydrogen-bond donors (Lipinski definition) is 2. The van der Waals surface area contributed by atoms with Crippen molar-refractivity contribution >= 4 is 52.5 Å². The van der Waals surface area contributed by atoms with E-state index in [9.17, 15) is 19.2 Å². The lowest BCUT2D eigenvalue weighted by Gasteiger charge is -2.21. The molecule has 0 aliphatic carbocycles. The third-order valence-electron chi connectivity index (χ3n) is 7.56. The van der Waals surface area contributed by atoms with Crippen LogP contribution in [0.4, 0.5) is 21.1 Å². The van der Waals surface area contributed by atoms with Crippen LogP contribution < -0.4 is 16.0 Å².